The average Bonchev–Trinajstić information content (AvgIpc) is 2.61. The SMILES string of the molecule is Cn1ccn(-c2cccc(CC#N)c2)c1=O. The number of rotatable bonds is 2. The molecule has 0 fully saturated rings. The zero-order valence-corrected chi connectivity index (χ0v) is 8.92. The zero-order chi connectivity index (χ0) is 11.5. The van der Waals surface area contributed by atoms with E-state index in [0.717, 1.165) is 11.3 Å². The van der Waals surface area contributed by atoms with Gasteiger partial charge in [0.25, 0.3) is 0 Å². The number of imidazole rings is 1. The Bertz CT molecular complexity index is 601. The second-order valence-corrected chi connectivity index (χ2v) is 3.57. The monoisotopic (exact) mass is 213 g/mol. The van der Waals surface area contributed by atoms with Crippen molar-refractivity contribution in [2.24, 2.45) is 7.05 Å². The molecule has 1 aromatic heterocycles. The summed E-state index contributed by atoms with van der Waals surface area (Å²) in [5.41, 5.74) is 1.61. The Morgan fingerprint density at radius 1 is 1.38 bits per heavy atom. The van der Waals surface area contributed by atoms with Gasteiger partial charge in [0.05, 0.1) is 18.2 Å². The normalized spacial score (nSPS) is 10.0. The highest BCUT2D eigenvalue weighted by Crippen LogP contribution is 2.09. The molecule has 4 nitrogen and oxygen atoms in total. The van der Waals surface area contributed by atoms with Gasteiger partial charge >= 0.3 is 5.69 Å². The van der Waals surface area contributed by atoms with E-state index in [0.29, 0.717) is 6.42 Å². The van der Waals surface area contributed by atoms with Crippen LogP contribution in [0.3, 0.4) is 0 Å². The molecule has 0 saturated carbocycles. The minimum atomic E-state index is -0.0888. The fourth-order valence-electron chi connectivity index (χ4n) is 1.57. The van der Waals surface area contributed by atoms with E-state index in [1.165, 1.54) is 4.57 Å². The highest BCUT2D eigenvalue weighted by Gasteiger charge is 2.02. The maximum atomic E-state index is 11.7. The van der Waals surface area contributed by atoms with Crippen LogP contribution in [0, 0.1) is 11.3 Å². The Kier molecular flexibility index (Phi) is 2.61. The summed E-state index contributed by atoms with van der Waals surface area (Å²) in [6, 6.07) is 9.52. The molecule has 1 aromatic carbocycles. The number of nitriles is 1. The van der Waals surface area contributed by atoms with E-state index in [1.54, 1.807) is 24.0 Å². The van der Waals surface area contributed by atoms with Crippen LogP contribution in [0.2, 0.25) is 0 Å². The number of aryl methyl sites for hydroxylation is 1. The highest BCUT2D eigenvalue weighted by atomic mass is 16.1. The summed E-state index contributed by atoms with van der Waals surface area (Å²) in [6.45, 7) is 0. The quantitative estimate of drug-likeness (QED) is 0.753. The molecule has 16 heavy (non-hydrogen) atoms. The smallest absolute Gasteiger partial charge is 0.302 e. The molecule has 0 aliphatic rings. The molecule has 80 valence electrons. The third kappa shape index (κ3) is 1.75. The molecule has 0 aliphatic heterocycles. The van der Waals surface area contributed by atoms with Gasteiger partial charge in [0.15, 0.2) is 0 Å². The summed E-state index contributed by atoms with van der Waals surface area (Å²) in [6.07, 6.45) is 3.78. The molecule has 0 saturated heterocycles. The van der Waals surface area contributed by atoms with Crippen molar-refractivity contribution >= 4 is 0 Å². The number of benzene rings is 1. The maximum Gasteiger partial charge on any atom is 0.332 e. The van der Waals surface area contributed by atoms with Gasteiger partial charge in [-0.25, -0.2) is 4.79 Å². The van der Waals surface area contributed by atoms with Gasteiger partial charge in [-0.05, 0) is 17.7 Å². The van der Waals surface area contributed by atoms with Crippen LogP contribution in [-0.4, -0.2) is 9.13 Å². The van der Waals surface area contributed by atoms with Gasteiger partial charge in [-0.1, -0.05) is 12.1 Å². The predicted octanol–water partition coefficient (Wildman–Crippen LogP) is 1.24. The lowest BCUT2D eigenvalue weighted by molar-refractivity contribution is 0.823. The summed E-state index contributed by atoms with van der Waals surface area (Å²) in [5, 5.41) is 8.62. The molecule has 1 heterocycles. The summed E-state index contributed by atoms with van der Waals surface area (Å²) in [7, 11) is 1.71. The van der Waals surface area contributed by atoms with Crippen LogP contribution in [0.15, 0.2) is 41.5 Å². The van der Waals surface area contributed by atoms with Crippen molar-refractivity contribution in [3.8, 4) is 11.8 Å². The summed E-state index contributed by atoms with van der Waals surface area (Å²) >= 11 is 0. The van der Waals surface area contributed by atoms with Crippen molar-refractivity contribution in [1.29, 1.82) is 5.26 Å². The molecule has 4 heteroatoms. The van der Waals surface area contributed by atoms with Gasteiger partial charge < -0.3 is 4.57 Å². The molecule has 0 N–H and O–H groups in total. The Balaban J connectivity index is 2.49. The van der Waals surface area contributed by atoms with E-state index in [4.69, 9.17) is 5.26 Å². The third-order valence-electron chi connectivity index (χ3n) is 2.42. The standard InChI is InChI=1S/C12H11N3O/c1-14-7-8-15(12(14)16)11-4-2-3-10(9-11)5-6-13/h2-4,7-9H,5H2,1H3. The molecular weight excluding hydrogens is 202 g/mol. The average molecular weight is 213 g/mol. The third-order valence-corrected chi connectivity index (χ3v) is 2.42. The Labute approximate surface area is 93.0 Å². The number of aromatic nitrogens is 2. The zero-order valence-electron chi connectivity index (χ0n) is 8.92. The molecule has 0 aliphatic carbocycles. The summed E-state index contributed by atoms with van der Waals surface area (Å²) in [5.74, 6) is 0. The highest BCUT2D eigenvalue weighted by molar-refractivity contribution is 5.36. The topological polar surface area (TPSA) is 50.7 Å². The van der Waals surface area contributed by atoms with Crippen LogP contribution in [0.25, 0.3) is 5.69 Å². The lowest BCUT2D eigenvalue weighted by atomic mass is 10.1. The van der Waals surface area contributed by atoms with E-state index in [1.807, 2.05) is 24.3 Å². The van der Waals surface area contributed by atoms with Crippen molar-refractivity contribution in [2.75, 3.05) is 0 Å². The Morgan fingerprint density at radius 3 is 2.81 bits per heavy atom. The van der Waals surface area contributed by atoms with Crippen LogP contribution in [0.1, 0.15) is 5.56 Å². The minimum Gasteiger partial charge on any atom is -0.302 e. The number of nitrogens with zero attached hydrogens (tertiary/aromatic N) is 3. The van der Waals surface area contributed by atoms with Gasteiger partial charge in [0, 0.05) is 19.4 Å². The molecular formula is C12H11N3O. The van der Waals surface area contributed by atoms with Crippen molar-refractivity contribution in [3.63, 3.8) is 0 Å². The van der Waals surface area contributed by atoms with Gasteiger partial charge in [-0.3, -0.25) is 4.57 Å². The van der Waals surface area contributed by atoms with Crippen LogP contribution in [-0.2, 0) is 13.5 Å². The first-order chi connectivity index (χ1) is 7.72. The molecule has 0 spiro atoms. The molecule has 0 atom stereocenters. The van der Waals surface area contributed by atoms with E-state index >= 15 is 0 Å². The molecule has 2 rings (SSSR count). The minimum absolute atomic E-state index is 0.0888. The van der Waals surface area contributed by atoms with Crippen molar-refractivity contribution in [1.82, 2.24) is 9.13 Å². The number of hydrogen-bond donors (Lipinski definition) is 0. The summed E-state index contributed by atoms with van der Waals surface area (Å²) in [4.78, 5) is 11.7. The van der Waals surface area contributed by atoms with Crippen LogP contribution < -0.4 is 5.69 Å². The fourth-order valence-corrected chi connectivity index (χ4v) is 1.57. The second kappa shape index (κ2) is 4.07. The maximum absolute atomic E-state index is 11.7. The first-order valence-corrected chi connectivity index (χ1v) is 4.92. The van der Waals surface area contributed by atoms with E-state index in [2.05, 4.69) is 6.07 Å². The van der Waals surface area contributed by atoms with Crippen molar-refractivity contribution in [2.45, 2.75) is 6.42 Å². The van der Waals surface area contributed by atoms with Crippen LogP contribution in [0.5, 0.6) is 0 Å². The van der Waals surface area contributed by atoms with Gasteiger partial charge in [-0.2, -0.15) is 5.26 Å². The van der Waals surface area contributed by atoms with Crippen molar-refractivity contribution in [3.05, 3.63) is 52.7 Å². The van der Waals surface area contributed by atoms with E-state index in [-0.39, 0.29) is 5.69 Å². The van der Waals surface area contributed by atoms with E-state index < -0.39 is 0 Å². The van der Waals surface area contributed by atoms with E-state index in [9.17, 15) is 4.79 Å². The molecule has 0 radical (unpaired) electrons. The fraction of sp³-hybridized carbons (Fsp3) is 0.167. The largest absolute Gasteiger partial charge is 0.332 e. The van der Waals surface area contributed by atoms with Crippen LogP contribution >= 0.6 is 0 Å². The first kappa shape index (κ1) is 10.2. The predicted molar refractivity (Wildman–Crippen MR) is 60.3 cm³/mol. The lowest BCUT2D eigenvalue weighted by Crippen LogP contribution is -2.20. The van der Waals surface area contributed by atoms with Crippen LogP contribution in [0.4, 0.5) is 0 Å². The first-order valence-electron chi connectivity index (χ1n) is 4.92. The molecule has 2 aromatic rings. The summed E-state index contributed by atoms with van der Waals surface area (Å²) < 4.78 is 3.07. The molecule has 0 amide bonds. The Hall–Kier alpha value is -2.28. The number of hydrogen-bond acceptors (Lipinski definition) is 2. The molecule has 0 unspecified atom stereocenters. The second-order valence-electron chi connectivity index (χ2n) is 3.57. The van der Waals surface area contributed by atoms with Gasteiger partial charge in [0.1, 0.15) is 0 Å². The Morgan fingerprint density at radius 2 is 2.19 bits per heavy atom. The molecule has 0 bridgehead atoms. The lowest BCUT2D eigenvalue weighted by Gasteiger charge is -2.02. The van der Waals surface area contributed by atoms with Crippen molar-refractivity contribution < 1.29 is 0 Å². The van der Waals surface area contributed by atoms with Gasteiger partial charge in [-0.15, -0.1) is 0 Å². The van der Waals surface area contributed by atoms with Gasteiger partial charge in [0.2, 0.25) is 0 Å².